The molecule has 0 bridgehead atoms. The molecule has 3 heteroatoms. The minimum absolute atomic E-state index is 0.297. The number of rotatable bonds is 10. The predicted molar refractivity (Wildman–Crippen MR) is 84.1 cm³/mol. The maximum atomic E-state index is 10.8. The van der Waals surface area contributed by atoms with E-state index in [-0.39, 0.29) is 0 Å². The molecule has 0 saturated heterocycles. The summed E-state index contributed by atoms with van der Waals surface area (Å²) >= 11 is 0. The first kappa shape index (κ1) is 17.5. The number of carbonyl (C=O) groups is 1. The van der Waals surface area contributed by atoms with E-state index in [0.29, 0.717) is 12.5 Å². The van der Waals surface area contributed by atoms with Crippen LogP contribution in [0.25, 0.3) is 0 Å². The summed E-state index contributed by atoms with van der Waals surface area (Å²) in [5.74, 6) is -0.658. The molecule has 0 heterocycles. The number of hydrogen-bond donors (Lipinski definition) is 1. The monoisotopic (exact) mass is 283 g/mol. The number of unbranched alkanes of at least 4 members (excludes halogenated alkanes) is 4. The molecule has 0 unspecified atom stereocenters. The van der Waals surface area contributed by atoms with Gasteiger partial charge in [-0.25, -0.2) is 0 Å². The average Bonchev–Trinajstić information content (AvgIpc) is 2.70. The fourth-order valence-electron chi connectivity index (χ4n) is 3.26. The zero-order chi connectivity index (χ0) is 14.6. The molecule has 1 rings (SSSR count). The van der Waals surface area contributed by atoms with Crippen LogP contribution in [0.1, 0.15) is 84.0 Å². The number of carboxylic acids is 1. The fourth-order valence-corrected chi connectivity index (χ4v) is 3.26. The lowest BCUT2D eigenvalue weighted by atomic mass is 10.1. The molecule has 3 nitrogen and oxygen atoms in total. The quantitative estimate of drug-likeness (QED) is 0.475. The summed E-state index contributed by atoms with van der Waals surface area (Å²) in [6.45, 7) is 4.08. The summed E-state index contributed by atoms with van der Waals surface area (Å²) in [7, 11) is 0. The molecule has 0 aromatic carbocycles. The molecule has 0 amide bonds. The van der Waals surface area contributed by atoms with Crippen LogP contribution in [0.3, 0.4) is 0 Å². The number of hydrogen-bond acceptors (Lipinski definition) is 2. The third-order valence-electron chi connectivity index (χ3n) is 4.50. The minimum atomic E-state index is -0.658. The van der Waals surface area contributed by atoms with Gasteiger partial charge in [-0.1, -0.05) is 58.3 Å². The van der Waals surface area contributed by atoms with Crippen LogP contribution < -0.4 is 0 Å². The molecule has 1 aliphatic carbocycles. The number of carboxylic acid groups (broad SMARTS) is 1. The van der Waals surface area contributed by atoms with Gasteiger partial charge in [-0.3, -0.25) is 9.69 Å². The number of nitrogens with zero attached hydrogens (tertiary/aromatic N) is 1. The summed E-state index contributed by atoms with van der Waals surface area (Å²) < 4.78 is 0. The van der Waals surface area contributed by atoms with Gasteiger partial charge in [0.2, 0.25) is 0 Å². The minimum Gasteiger partial charge on any atom is -0.481 e. The summed E-state index contributed by atoms with van der Waals surface area (Å²) in [4.78, 5) is 13.3. The molecule has 0 aromatic rings. The third kappa shape index (κ3) is 7.88. The zero-order valence-corrected chi connectivity index (χ0v) is 13.3. The van der Waals surface area contributed by atoms with Crippen LogP contribution in [0.2, 0.25) is 0 Å². The molecule has 0 aliphatic heterocycles. The lowest BCUT2D eigenvalue weighted by molar-refractivity contribution is -0.137. The topological polar surface area (TPSA) is 40.5 Å². The van der Waals surface area contributed by atoms with Crippen molar-refractivity contribution in [3.05, 3.63) is 0 Å². The molecule has 0 aromatic heterocycles. The largest absolute Gasteiger partial charge is 0.481 e. The maximum Gasteiger partial charge on any atom is 0.304 e. The van der Waals surface area contributed by atoms with E-state index in [1.54, 1.807) is 0 Å². The zero-order valence-electron chi connectivity index (χ0n) is 13.3. The highest BCUT2D eigenvalue weighted by Gasteiger charge is 2.20. The second-order valence-electron chi connectivity index (χ2n) is 6.24. The van der Waals surface area contributed by atoms with Crippen molar-refractivity contribution in [1.29, 1.82) is 0 Å². The Labute approximate surface area is 124 Å². The molecule has 1 N–H and O–H groups in total. The lowest BCUT2D eigenvalue weighted by Crippen LogP contribution is -2.37. The molecule has 0 spiro atoms. The second-order valence-corrected chi connectivity index (χ2v) is 6.24. The van der Waals surface area contributed by atoms with Crippen molar-refractivity contribution in [2.24, 2.45) is 0 Å². The van der Waals surface area contributed by atoms with E-state index >= 15 is 0 Å². The van der Waals surface area contributed by atoms with Crippen molar-refractivity contribution in [3.8, 4) is 0 Å². The van der Waals surface area contributed by atoms with E-state index in [1.807, 2.05) is 0 Å². The molecule has 1 saturated carbocycles. The Morgan fingerprint density at radius 2 is 1.65 bits per heavy atom. The molecular weight excluding hydrogens is 250 g/mol. The fraction of sp³-hybridized carbons (Fsp3) is 0.941. The van der Waals surface area contributed by atoms with Crippen LogP contribution in [0, 0.1) is 0 Å². The van der Waals surface area contributed by atoms with Crippen LogP contribution >= 0.6 is 0 Å². The van der Waals surface area contributed by atoms with Gasteiger partial charge in [0, 0.05) is 12.6 Å². The van der Waals surface area contributed by atoms with Crippen LogP contribution in [0.15, 0.2) is 0 Å². The van der Waals surface area contributed by atoms with E-state index in [9.17, 15) is 4.79 Å². The van der Waals surface area contributed by atoms with Crippen molar-refractivity contribution in [3.63, 3.8) is 0 Å². The second kappa shape index (κ2) is 11.1. The van der Waals surface area contributed by atoms with E-state index < -0.39 is 5.97 Å². The molecule has 20 heavy (non-hydrogen) atoms. The highest BCUT2D eigenvalue weighted by Crippen LogP contribution is 2.22. The lowest BCUT2D eigenvalue weighted by Gasteiger charge is -2.30. The van der Waals surface area contributed by atoms with Gasteiger partial charge in [-0.2, -0.15) is 0 Å². The van der Waals surface area contributed by atoms with Crippen molar-refractivity contribution in [2.75, 3.05) is 13.1 Å². The SMILES string of the molecule is CCCCCCCN(CCC(=O)O)C1CCCCCC1. The Kier molecular flexibility index (Phi) is 9.73. The van der Waals surface area contributed by atoms with Crippen LogP contribution in [-0.2, 0) is 4.79 Å². The molecule has 118 valence electrons. The molecule has 0 atom stereocenters. The van der Waals surface area contributed by atoms with Crippen molar-refractivity contribution >= 4 is 5.97 Å². The van der Waals surface area contributed by atoms with Gasteiger partial charge >= 0.3 is 5.97 Å². The van der Waals surface area contributed by atoms with Gasteiger partial charge in [0.15, 0.2) is 0 Å². The molecule has 0 radical (unpaired) electrons. The van der Waals surface area contributed by atoms with Crippen LogP contribution in [0.5, 0.6) is 0 Å². The number of aliphatic carboxylic acids is 1. The highest BCUT2D eigenvalue weighted by atomic mass is 16.4. The van der Waals surface area contributed by atoms with E-state index in [1.165, 1.54) is 70.6 Å². The molecule has 1 fully saturated rings. The highest BCUT2D eigenvalue weighted by molar-refractivity contribution is 5.66. The first-order valence-electron chi connectivity index (χ1n) is 8.70. The van der Waals surface area contributed by atoms with Crippen LogP contribution in [-0.4, -0.2) is 35.1 Å². The predicted octanol–water partition coefficient (Wildman–Crippen LogP) is 4.46. The average molecular weight is 283 g/mol. The van der Waals surface area contributed by atoms with Gasteiger partial charge < -0.3 is 5.11 Å². The summed E-state index contributed by atoms with van der Waals surface area (Å²) in [6, 6.07) is 0.642. The Balaban J connectivity index is 2.35. The van der Waals surface area contributed by atoms with Gasteiger partial charge in [0.1, 0.15) is 0 Å². The Hall–Kier alpha value is -0.570. The smallest absolute Gasteiger partial charge is 0.304 e. The van der Waals surface area contributed by atoms with Gasteiger partial charge in [0.25, 0.3) is 0 Å². The van der Waals surface area contributed by atoms with Crippen molar-refractivity contribution < 1.29 is 9.90 Å². The summed E-state index contributed by atoms with van der Waals surface area (Å²) in [5, 5.41) is 8.93. The normalized spacial score (nSPS) is 17.3. The van der Waals surface area contributed by atoms with Gasteiger partial charge in [-0.15, -0.1) is 0 Å². The summed E-state index contributed by atoms with van der Waals surface area (Å²) in [6.07, 6.45) is 14.7. The molecular formula is C17H33NO2. The molecule has 1 aliphatic rings. The van der Waals surface area contributed by atoms with Crippen molar-refractivity contribution in [2.45, 2.75) is 90.0 Å². The van der Waals surface area contributed by atoms with E-state index in [4.69, 9.17) is 5.11 Å². The Morgan fingerprint density at radius 1 is 1.00 bits per heavy atom. The van der Waals surface area contributed by atoms with E-state index in [0.717, 1.165) is 13.1 Å². The first-order valence-corrected chi connectivity index (χ1v) is 8.70. The Morgan fingerprint density at radius 3 is 2.25 bits per heavy atom. The van der Waals surface area contributed by atoms with Gasteiger partial charge in [0.05, 0.1) is 6.42 Å². The first-order chi connectivity index (χ1) is 9.74. The van der Waals surface area contributed by atoms with Crippen molar-refractivity contribution in [1.82, 2.24) is 4.90 Å². The summed E-state index contributed by atoms with van der Waals surface area (Å²) in [5.41, 5.74) is 0. The van der Waals surface area contributed by atoms with Gasteiger partial charge in [-0.05, 0) is 25.8 Å². The maximum absolute atomic E-state index is 10.8. The van der Waals surface area contributed by atoms with Crippen LogP contribution in [0.4, 0.5) is 0 Å². The van der Waals surface area contributed by atoms with E-state index in [2.05, 4.69) is 11.8 Å². The standard InChI is InChI=1S/C17H33NO2/c1-2-3-4-7-10-14-18(15-13-17(19)20)16-11-8-5-6-9-12-16/h16H,2-15H2,1H3,(H,19,20). The Bertz CT molecular complexity index is 247. The third-order valence-corrected chi connectivity index (χ3v) is 4.50.